The van der Waals surface area contributed by atoms with Gasteiger partial charge in [0.05, 0.1) is 11.3 Å². The van der Waals surface area contributed by atoms with Crippen LogP contribution < -0.4 is 5.32 Å². The van der Waals surface area contributed by atoms with E-state index in [1.807, 2.05) is 37.3 Å². The predicted molar refractivity (Wildman–Crippen MR) is 112 cm³/mol. The quantitative estimate of drug-likeness (QED) is 0.405. The van der Waals surface area contributed by atoms with E-state index in [9.17, 15) is 9.18 Å². The lowest BCUT2D eigenvalue weighted by Gasteiger charge is -2.11. The van der Waals surface area contributed by atoms with Gasteiger partial charge in [-0.3, -0.25) is 9.36 Å². The van der Waals surface area contributed by atoms with Crippen molar-refractivity contribution in [3.8, 4) is 17.1 Å². The SMILES string of the molecule is CCOCCCNC(=O)CSc1nnc(-c2ccccc2F)n1-c1ccccc1. The Labute approximate surface area is 173 Å². The number of amides is 1. The lowest BCUT2D eigenvalue weighted by atomic mass is 10.2. The first kappa shape index (κ1) is 21.0. The van der Waals surface area contributed by atoms with Crippen molar-refractivity contribution >= 4 is 17.7 Å². The number of thioether (sulfide) groups is 1. The molecule has 0 radical (unpaired) electrons. The third-order valence-electron chi connectivity index (χ3n) is 4.09. The number of hydrogen-bond acceptors (Lipinski definition) is 5. The van der Waals surface area contributed by atoms with E-state index in [1.165, 1.54) is 17.8 Å². The highest BCUT2D eigenvalue weighted by Crippen LogP contribution is 2.29. The van der Waals surface area contributed by atoms with Crippen molar-refractivity contribution in [1.82, 2.24) is 20.1 Å². The Kier molecular flexibility index (Phi) is 7.77. The fourth-order valence-electron chi connectivity index (χ4n) is 2.72. The number of halogens is 1. The highest BCUT2D eigenvalue weighted by Gasteiger charge is 2.19. The Morgan fingerprint density at radius 1 is 1.14 bits per heavy atom. The number of benzene rings is 2. The lowest BCUT2D eigenvalue weighted by Crippen LogP contribution is -2.27. The maximum Gasteiger partial charge on any atom is 0.230 e. The highest BCUT2D eigenvalue weighted by molar-refractivity contribution is 7.99. The Morgan fingerprint density at radius 3 is 2.66 bits per heavy atom. The van der Waals surface area contributed by atoms with Crippen molar-refractivity contribution in [3.05, 3.63) is 60.4 Å². The molecule has 0 fully saturated rings. The summed E-state index contributed by atoms with van der Waals surface area (Å²) in [6, 6.07) is 15.9. The monoisotopic (exact) mass is 414 g/mol. The van der Waals surface area contributed by atoms with E-state index in [2.05, 4.69) is 15.5 Å². The van der Waals surface area contributed by atoms with Gasteiger partial charge in [0.25, 0.3) is 0 Å². The molecule has 0 saturated heterocycles. The molecule has 0 aliphatic heterocycles. The second-order valence-corrected chi connectivity index (χ2v) is 7.09. The zero-order valence-corrected chi connectivity index (χ0v) is 17.0. The standard InChI is InChI=1S/C21H23FN4O2S/c1-2-28-14-8-13-23-19(27)15-29-21-25-24-20(17-11-6-7-12-18(17)22)26(21)16-9-4-3-5-10-16/h3-7,9-12H,2,8,13-15H2,1H3,(H,23,27). The second kappa shape index (κ2) is 10.7. The Balaban J connectivity index is 1.76. The molecule has 152 valence electrons. The van der Waals surface area contributed by atoms with E-state index in [0.717, 1.165) is 12.1 Å². The molecule has 0 unspecified atom stereocenters. The number of ether oxygens (including phenoxy) is 1. The largest absolute Gasteiger partial charge is 0.382 e. The molecule has 1 amide bonds. The number of aromatic nitrogens is 3. The van der Waals surface area contributed by atoms with Crippen molar-refractivity contribution in [2.45, 2.75) is 18.5 Å². The lowest BCUT2D eigenvalue weighted by molar-refractivity contribution is -0.118. The van der Waals surface area contributed by atoms with Gasteiger partial charge in [-0.1, -0.05) is 42.1 Å². The summed E-state index contributed by atoms with van der Waals surface area (Å²) in [7, 11) is 0. The Bertz CT molecular complexity index is 933. The van der Waals surface area contributed by atoms with Crippen LogP contribution in [0.25, 0.3) is 17.1 Å². The number of para-hydroxylation sites is 1. The van der Waals surface area contributed by atoms with E-state index < -0.39 is 0 Å². The molecule has 0 aliphatic carbocycles. The number of nitrogens with zero attached hydrogens (tertiary/aromatic N) is 3. The van der Waals surface area contributed by atoms with Crippen LogP contribution in [0.2, 0.25) is 0 Å². The fraction of sp³-hybridized carbons (Fsp3) is 0.286. The summed E-state index contributed by atoms with van der Waals surface area (Å²) in [6.07, 6.45) is 0.766. The van der Waals surface area contributed by atoms with Crippen molar-refractivity contribution in [1.29, 1.82) is 0 Å². The Morgan fingerprint density at radius 2 is 1.90 bits per heavy atom. The van der Waals surface area contributed by atoms with E-state index in [-0.39, 0.29) is 17.5 Å². The molecule has 0 aliphatic rings. The number of carbonyl (C=O) groups is 1. The minimum atomic E-state index is -0.374. The summed E-state index contributed by atoms with van der Waals surface area (Å²) in [6.45, 7) is 3.79. The van der Waals surface area contributed by atoms with Crippen LogP contribution in [-0.2, 0) is 9.53 Å². The van der Waals surface area contributed by atoms with Crippen molar-refractivity contribution in [3.63, 3.8) is 0 Å². The summed E-state index contributed by atoms with van der Waals surface area (Å²) in [5.41, 5.74) is 1.16. The number of carbonyl (C=O) groups excluding carboxylic acids is 1. The van der Waals surface area contributed by atoms with Gasteiger partial charge < -0.3 is 10.1 Å². The summed E-state index contributed by atoms with van der Waals surface area (Å²) in [5, 5.41) is 11.8. The normalized spacial score (nSPS) is 10.8. The third kappa shape index (κ3) is 5.65. The van der Waals surface area contributed by atoms with Crippen LogP contribution in [0.1, 0.15) is 13.3 Å². The molecule has 0 atom stereocenters. The molecule has 2 aromatic carbocycles. The molecular weight excluding hydrogens is 391 g/mol. The smallest absolute Gasteiger partial charge is 0.230 e. The van der Waals surface area contributed by atoms with Gasteiger partial charge in [-0.25, -0.2) is 4.39 Å². The topological polar surface area (TPSA) is 69.0 Å². The minimum absolute atomic E-state index is 0.0958. The minimum Gasteiger partial charge on any atom is -0.382 e. The van der Waals surface area contributed by atoms with Crippen LogP contribution in [0, 0.1) is 5.82 Å². The van der Waals surface area contributed by atoms with Crippen molar-refractivity contribution in [2.24, 2.45) is 0 Å². The zero-order chi connectivity index (χ0) is 20.5. The van der Waals surface area contributed by atoms with Gasteiger partial charge in [0, 0.05) is 25.4 Å². The van der Waals surface area contributed by atoms with E-state index in [4.69, 9.17) is 4.74 Å². The Hall–Kier alpha value is -2.71. The first-order chi connectivity index (χ1) is 14.2. The van der Waals surface area contributed by atoms with Crippen LogP contribution in [0.3, 0.4) is 0 Å². The summed E-state index contributed by atoms with van der Waals surface area (Å²) >= 11 is 1.26. The van der Waals surface area contributed by atoms with Crippen LogP contribution >= 0.6 is 11.8 Å². The van der Waals surface area contributed by atoms with Crippen LogP contribution in [0.15, 0.2) is 59.8 Å². The van der Waals surface area contributed by atoms with Crippen LogP contribution in [-0.4, -0.2) is 46.2 Å². The van der Waals surface area contributed by atoms with E-state index >= 15 is 0 Å². The molecule has 6 nitrogen and oxygen atoms in total. The number of hydrogen-bond donors (Lipinski definition) is 1. The van der Waals surface area contributed by atoms with Gasteiger partial charge in [-0.05, 0) is 37.6 Å². The highest BCUT2D eigenvalue weighted by atomic mass is 32.2. The van der Waals surface area contributed by atoms with Gasteiger partial charge in [0.1, 0.15) is 5.82 Å². The van der Waals surface area contributed by atoms with Gasteiger partial charge in [0.15, 0.2) is 11.0 Å². The second-order valence-electron chi connectivity index (χ2n) is 6.15. The van der Waals surface area contributed by atoms with Gasteiger partial charge >= 0.3 is 0 Å². The average molecular weight is 415 g/mol. The average Bonchev–Trinajstić information content (AvgIpc) is 3.17. The number of rotatable bonds is 10. The first-order valence-corrected chi connectivity index (χ1v) is 10.4. The van der Waals surface area contributed by atoms with Gasteiger partial charge in [-0.15, -0.1) is 10.2 Å². The molecule has 1 heterocycles. The summed E-state index contributed by atoms with van der Waals surface area (Å²) in [4.78, 5) is 12.1. The summed E-state index contributed by atoms with van der Waals surface area (Å²) in [5.74, 6) is 0.118. The molecular formula is C21H23FN4O2S. The van der Waals surface area contributed by atoms with Crippen molar-refractivity contribution in [2.75, 3.05) is 25.5 Å². The summed E-state index contributed by atoms with van der Waals surface area (Å²) < 4.78 is 21.4. The molecule has 1 N–H and O–H groups in total. The van der Waals surface area contributed by atoms with Crippen LogP contribution in [0.4, 0.5) is 4.39 Å². The molecule has 3 aromatic rings. The maximum absolute atomic E-state index is 14.4. The molecule has 1 aromatic heterocycles. The van der Waals surface area contributed by atoms with Crippen molar-refractivity contribution < 1.29 is 13.9 Å². The third-order valence-corrected chi connectivity index (χ3v) is 5.02. The molecule has 8 heteroatoms. The van der Waals surface area contributed by atoms with E-state index in [0.29, 0.717) is 36.3 Å². The van der Waals surface area contributed by atoms with Gasteiger partial charge in [0.2, 0.25) is 5.91 Å². The molecule has 29 heavy (non-hydrogen) atoms. The maximum atomic E-state index is 14.4. The van der Waals surface area contributed by atoms with Crippen LogP contribution in [0.5, 0.6) is 0 Å². The van der Waals surface area contributed by atoms with Gasteiger partial charge in [-0.2, -0.15) is 0 Å². The first-order valence-electron chi connectivity index (χ1n) is 9.43. The zero-order valence-electron chi connectivity index (χ0n) is 16.2. The number of nitrogens with one attached hydrogen (secondary N) is 1. The molecule has 3 rings (SSSR count). The predicted octanol–water partition coefficient (Wildman–Crippen LogP) is 3.71. The van der Waals surface area contributed by atoms with E-state index in [1.54, 1.807) is 22.8 Å². The molecule has 0 saturated carbocycles. The molecule has 0 bridgehead atoms. The molecule has 0 spiro atoms. The fourth-order valence-corrected chi connectivity index (χ4v) is 3.50.